The predicted molar refractivity (Wildman–Crippen MR) is 115 cm³/mol. The first kappa shape index (κ1) is 26.4. The number of unbranched alkanes of at least 4 members (excludes halogenated alkanes) is 1. The second-order valence-electron chi connectivity index (χ2n) is 6.48. The van der Waals surface area contributed by atoms with Crippen LogP contribution in [-0.2, 0) is 13.7 Å². The van der Waals surface area contributed by atoms with Crippen LogP contribution in [0.2, 0.25) is 0 Å². The van der Waals surface area contributed by atoms with Crippen LogP contribution in [0.25, 0.3) is 0 Å². The van der Waals surface area contributed by atoms with Gasteiger partial charge in [0.2, 0.25) is 0 Å². The normalized spacial score (nSPS) is 12.4. The Hall–Kier alpha value is -1.66. The summed E-state index contributed by atoms with van der Waals surface area (Å²) in [5.41, 5.74) is 0. The fraction of sp³-hybridized carbons (Fsp3) is 0.400. The third kappa shape index (κ3) is 12.8. The highest BCUT2D eigenvalue weighted by molar-refractivity contribution is 7.48. The molecule has 0 heterocycles. The van der Waals surface area contributed by atoms with E-state index in [9.17, 15) is 14.0 Å². The molecule has 8 nitrogen and oxygen atoms in total. The molecule has 0 amide bonds. The van der Waals surface area contributed by atoms with E-state index in [4.69, 9.17) is 18.8 Å². The summed E-state index contributed by atoms with van der Waals surface area (Å²) in [7, 11) is -8.40. The van der Waals surface area contributed by atoms with Crippen LogP contribution in [-0.4, -0.2) is 21.3 Å². The minimum Gasteiger partial charge on any atom is -0.395 e. The number of para-hydroxylation sites is 2. The lowest BCUT2D eigenvalue weighted by molar-refractivity contribution is 0.161. The molecular formula is C20H30O8P2. The van der Waals surface area contributed by atoms with Crippen molar-refractivity contribution in [2.24, 2.45) is 5.92 Å². The summed E-state index contributed by atoms with van der Waals surface area (Å²) in [5, 5.41) is 0. The maximum atomic E-state index is 11.7. The van der Waals surface area contributed by atoms with Crippen molar-refractivity contribution in [2.45, 2.75) is 39.5 Å². The fourth-order valence-electron chi connectivity index (χ4n) is 2.35. The van der Waals surface area contributed by atoms with Gasteiger partial charge in [-0.15, -0.1) is 0 Å². The van der Waals surface area contributed by atoms with Crippen LogP contribution in [0.1, 0.15) is 39.5 Å². The zero-order valence-electron chi connectivity index (χ0n) is 17.2. The standard InChI is InChI=1S/C12H11O4P.C8H19O4P/c13-17(14,15-11-7-3-1-4-8-11)16-12-9-5-2-6-10-12;1-3-5-6-8(4-2)7-12-13(9,10)11/h1-10H,(H,13,14);8H,3-7H2,1-2H3,(H2,9,10,11). The highest BCUT2D eigenvalue weighted by Gasteiger charge is 2.24. The topological polar surface area (TPSA) is 123 Å². The van der Waals surface area contributed by atoms with Crippen molar-refractivity contribution >= 4 is 15.6 Å². The van der Waals surface area contributed by atoms with Crippen LogP contribution < -0.4 is 9.05 Å². The highest BCUT2D eigenvalue weighted by Crippen LogP contribution is 2.44. The monoisotopic (exact) mass is 460 g/mol. The molecule has 0 fully saturated rings. The minimum atomic E-state index is -4.26. The van der Waals surface area contributed by atoms with Gasteiger partial charge in [0, 0.05) is 0 Å². The van der Waals surface area contributed by atoms with E-state index in [1.807, 2.05) is 6.92 Å². The van der Waals surface area contributed by atoms with Crippen molar-refractivity contribution in [2.75, 3.05) is 6.61 Å². The summed E-state index contributed by atoms with van der Waals surface area (Å²) in [5.74, 6) is 0.844. The Morgan fingerprint density at radius 2 is 1.30 bits per heavy atom. The van der Waals surface area contributed by atoms with Crippen LogP contribution in [0, 0.1) is 5.92 Å². The first-order chi connectivity index (χ1) is 14.1. The highest BCUT2D eigenvalue weighted by atomic mass is 31.2. The lowest BCUT2D eigenvalue weighted by Gasteiger charge is -2.14. The maximum absolute atomic E-state index is 11.7. The summed E-state index contributed by atoms with van der Waals surface area (Å²) in [4.78, 5) is 26.5. The SMILES string of the molecule is CCCCC(CC)COP(=O)(O)O.O=P(O)(Oc1ccccc1)Oc1ccccc1. The molecule has 30 heavy (non-hydrogen) atoms. The summed E-state index contributed by atoms with van der Waals surface area (Å²) in [6.07, 6.45) is 4.07. The molecule has 1 unspecified atom stereocenters. The third-order valence-corrected chi connectivity index (χ3v) is 5.32. The van der Waals surface area contributed by atoms with Crippen LogP contribution >= 0.6 is 15.6 Å². The molecule has 0 aromatic heterocycles. The largest absolute Gasteiger partial charge is 0.584 e. The average Bonchev–Trinajstić information content (AvgIpc) is 2.69. The van der Waals surface area contributed by atoms with Gasteiger partial charge in [0.05, 0.1) is 6.61 Å². The van der Waals surface area contributed by atoms with Gasteiger partial charge in [-0.3, -0.25) is 9.42 Å². The molecule has 0 saturated carbocycles. The summed E-state index contributed by atoms with van der Waals surface area (Å²) >= 11 is 0. The van der Waals surface area contributed by atoms with Crippen LogP contribution in [0.15, 0.2) is 60.7 Å². The molecule has 168 valence electrons. The van der Waals surface area contributed by atoms with Gasteiger partial charge < -0.3 is 18.8 Å². The van der Waals surface area contributed by atoms with E-state index in [1.165, 1.54) is 0 Å². The van der Waals surface area contributed by atoms with Crippen LogP contribution in [0.4, 0.5) is 0 Å². The van der Waals surface area contributed by atoms with Crippen molar-refractivity contribution in [3.8, 4) is 11.5 Å². The second-order valence-corrected chi connectivity index (χ2v) is 9.02. The van der Waals surface area contributed by atoms with Gasteiger partial charge in [0.25, 0.3) is 0 Å². The van der Waals surface area contributed by atoms with Crippen molar-refractivity contribution < 1.29 is 37.4 Å². The molecule has 2 aromatic carbocycles. The molecule has 0 saturated heterocycles. The molecular weight excluding hydrogens is 430 g/mol. The molecule has 10 heteroatoms. The number of phosphoric ester groups is 2. The zero-order chi connectivity index (χ0) is 22.5. The zero-order valence-corrected chi connectivity index (χ0v) is 19.0. The molecule has 0 bridgehead atoms. The smallest absolute Gasteiger partial charge is 0.395 e. The Morgan fingerprint density at radius 1 is 0.833 bits per heavy atom. The van der Waals surface area contributed by atoms with Crippen LogP contribution in [0.5, 0.6) is 11.5 Å². The number of phosphoric acid groups is 2. The molecule has 2 aromatic rings. The molecule has 0 aliphatic carbocycles. The number of hydrogen-bond acceptors (Lipinski definition) is 5. The Morgan fingerprint density at radius 3 is 1.67 bits per heavy atom. The van der Waals surface area contributed by atoms with Gasteiger partial charge in [-0.25, -0.2) is 9.13 Å². The second kappa shape index (κ2) is 13.6. The Labute approximate surface area is 177 Å². The first-order valence-electron chi connectivity index (χ1n) is 9.67. The Balaban J connectivity index is 0.000000314. The molecule has 3 N–H and O–H groups in total. The summed E-state index contributed by atoms with van der Waals surface area (Å²) in [6.45, 7) is 4.26. The van der Waals surface area contributed by atoms with E-state index in [-0.39, 0.29) is 24.0 Å². The van der Waals surface area contributed by atoms with Gasteiger partial charge in [0.1, 0.15) is 11.5 Å². The van der Waals surface area contributed by atoms with Gasteiger partial charge in [-0.05, 0) is 36.6 Å². The summed E-state index contributed by atoms with van der Waals surface area (Å²) < 4.78 is 36.3. The van der Waals surface area contributed by atoms with Gasteiger partial charge in [-0.1, -0.05) is 69.5 Å². The van der Waals surface area contributed by atoms with Gasteiger partial charge in [-0.2, -0.15) is 0 Å². The molecule has 0 spiro atoms. The van der Waals surface area contributed by atoms with Gasteiger partial charge in [0.15, 0.2) is 0 Å². The van der Waals surface area contributed by atoms with E-state index in [0.717, 1.165) is 25.7 Å². The van der Waals surface area contributed by atoms with E-state index in [1.54, 1.807) is 60.7 Å². The molecule has 1 atom stereocenters. The minimum absolute atomic E-state index is 0.167. The number of benzene rings is 2. The molecule has 0 aliphatic heterocycles. The lowest BCUT2D eigenvalue weighted by Crippen LogP contribution is -2.07. The van der Waals surface area contributed by atoms with E-state index < -0.39 is 15.6 Å². The average molecular weight is 460 g/mol. The van der Waals surface area contributed by atoms with E-state index in [2.05, 4.69) is 11.4 Å². The van der Waals surface area contributed by atoms with Gasteiger partial charge >= 0.3 is 15.6 Å². The number of hydrogen-bond donors (Lipinski definition) is 3. The lowest BCUT2D eigenvalue weighted by atomic mass is 10.0. The van der Waals surface area contributed by atoms with E-state index >= 15 is 0 Å². The number of rotatable bonds is 11. The van der Waals surface area contributed by atoms with Crippen molar-refractivity contribution in [3.63, 3.8) is 0 Å². The quantitative estimate of drug-likeness (QED) is 0.373. The summed E-state index contributed by atoms with van der Waals surface area (Å²) in [6, 6.07) is 16.7. The fourth-order valence-corrected chi connectivity index (χ4v) is 3.57. The van der Waals surface area contributed by atoms with E-state index in [0.29, 0.717) is 0 Å². The molecule has 2 rings (SSSR count). The predicted octanol–water partition coefficient (Wildman–Crippen LogP) is 5.56. The van der Waals surface area contributed by atoms with Crippen molar-refractivity contribution in [3.05, 3.63) is 60.7 Å². The maximum Gasteiger partial charge on any atom is 0.584 e. The van der Waals surface area contributed by atoms with Crippen molar-refractivity contribution in [1.82, 2.24) is 0 Å². The van der Waals surface area contributed by atoms with Crippen molar-refractivity contribution in [1.29, 1.82) is 0 Å². The molecule has 0 aliphatic rings. The Kier molecular flexibility index (Phi) is 12.0. The molecule has 0 radical (unpaired) electrons. The first-order valence-corrected chi connectivity index (χ1v) is 12.7. The Bertz CT molecular complexity index is 749. The third-order valence-electron chi connectivity index (χ3n) is 3.95. The van der Waals surface area contributed by atoms with Crippen LogP contribution in [0.3, 0.4) is 0 Å².